The number of carbonyl (C=O) groups excluding carboxylic acids is 1. The molecule has 2 rings (SSSR count). The summed E-state index contributed by atoms with van der Waals surface area (Å²) in [6.45, 7) is 1.97. The maximum absolute atomic E-state index is 11.8. The van der Waals surface area contributed by atoms with Gasteiger partial charge in [-0.2, -0.15) is 0 Å². The molecule has 2 aromatic carbocycles. The van der Waals surface area contributed by atoms with Crippen LogP contribution in [-0.2, 0) is 22.4 Å². The fourth-order valence-electron chi connectivity index (χ4n) is 2.39. The zero-order valence-corrected chi connectivity index (χ0v) is 15.3. The van der Waals surface area contributed by atoms with E-state index in [4.69, 9.17) is 10.5 Å². The number of nitrogens with two attached hydrogens (primary N) is 1. The van der Waals surface area contributed by atoms with Gasteiger partial charge in [0, 0.05) is 25.3 Å². The molecule has 0 aromatic heterocycles. The normalized spacial score (nSPS) is 10.1. The second kappa shape index (κ2) is 12.3. The summed E-state index contributed by atoms with van der Waals surface area (Å²) in [4.78, 5) is 11.8. The van der Waals surface area contributed by atoms with Crippen LogP contribution in [0.4, 0.5) is 5.69 Å². The number of anilines is 1. The Morgan fingerprint density at radius 1 is 0.920 bits per heavy atom. The molecule has 25 heavy (non-hydrogen) atoms. The molecule has 0 aliphatic heterocycles. The first-order valence-corrected chi connectivity index (χ1v) is 8.47. The van der Waals surface area contributed by atoms with Crippen molar-refractivity contribution in [3.8, 4) is 0 Å². The monoisotopic (exact) mass is 362 g/mol. The summed E-state index contributed by atoms with van der Waals surface area (Å²) in [6.07, 6.45) is 2.99. The minimum absolute atomic E-state index is 0. The number of hydrogen-bond donors (Lipinski definition) is 2. The largest absolute Gasteiger partial charge is 0.399 e. The van der Waals surface area contributed by atoms with Crippen molar-refractivity contribution >= 4 is 24.0 Å². The lowest BCUT2D eigenvalue weighted by Crippen LogP contribution is -2.25. The van der Waals surface area contributed by atoms with Crippen molar-refractivity contribution in [1.29, 1.82) is 0 Å². The van der Waals surface area contributed by atoms with Crippen LogP contribution in [-0.4, -0.2) is 25.7 Å². The van der Waals surface area contributed by atoms with Crippen molar-refractivity contribution in [1.82, 2.24) is 5.32 Å². The molecule has 3 N–H and O–H groups in total. The van der Waals surface area contributed by atoms with Crippen LogP contribution in [0.15, 0.2) is 54.6 Å². The third-order valence-corrected chi connectivity index (χ3v) is 3.79. The highest BCUT2D eigenvalue weighted by Crippen LogP contribution is 2.05. The summed E-state index contributed by atoms with van der Waals surface area (Å²) in [7, 11) is 0. The molecular formula is C20H27ClN2O2. The van der Waals surface area contributed by atoms with E-state index >= 15 is 0 Å². The molecule has 0 aliphatic rings. The summed E-state index contributed by atoms with van der Waals surface area (Å²) in [5.41, 5.74) is 8.85. The van der Waals surface area contributed by atoms with Gasteiger partial charge in [-0.3, -0.25) is 4.79 Å². The van der Waals surface area contributed by atoms with Crippen molar-refractivity contribution in [3.05, 3.63) is 65.7 Å². The van der Waals surface area contributed by atoms with E-state index in [1.165, 1.54) is 11.1 Å². The molecule has 1 amide bonds. The number of carbonyl (C=O) groups is 1. The highest BCUT2D eigenvalue weighted by atomic mass is 35.5. The molecule has 0 aliphatic carbocycles. The topological polar surface area (TPSA) is 64.3 Å². The first-order chi connectivity index (χ1) is 11.7. The van der Waals surface area contributed by atoms with Crippen molar-refractivity contribution in [3.63, 3.8) is 0 Å². The third kappa shape index (κ3) is 9.13. The predicted molar refractivity (Wildman–Crippen MR) is 105 cm³/mol. The zero-order valence-electron chi connectivity index (χ0n) is 14.4. The Labute approximate surface area is 156 Å². The Morgan fingerprint density at radius 2 is 1.60 bits per heavy atom. The van der Waals surface area contributed by atoms with E-state index < -0.39 is 0 Å². The molecule has 0 radical (unpaired) electrons. The average Bonchev–Trinajstić information content (AvgIpc) is 2.60. The number of halogens is 1. The van der Waals surface area contributed by atoms with Crippen molar-refractivity contribution in [2.24, 2.45) is 0 Å². The zero-order chi connectivity index (χ0) is 17.0. The second-order valence-corrected chi connectivity index (χ2v) is 5.79. The second-order valence-electron chi connectivity index (χ2n) is 5.79. The molecule has 0 fully saturated rings. The molecule has 5 heteroatoms. The van der Waals surface area contributed by atoms with E-state index in [0.29, 0.717) is 26.2 Å². The Hall–Kier alpha value is -2.04. The Morgan fingerprint density at radius 3 is 2.32 bits per heavy atom. The van der Waals surface area contributed by atoms with Gasteiger partial charge in [0.25, 0.3) is 0 Å². The molecule has 2 aromatic rings. The number of rotatable bonds is 10. The van der Waals surface area contributed by atoms with E-state index in [1.807, 2.05) is 42.5 Å². The highest BCUT2D eigenvalue weighted by molar-refractivity contribution is 5.85. The summed E-state index contributed by atoms with van der Waals surface area (Å²) in [6, 6.07) is 18.0. The number of nitrogen functional groups attached to an aromatic ring is 1. The number of hydrogen-bond acceptors (Lipinski definition) is 3. The highest BCUT2D eigenvalue weighted by Gasteiger charge is 2.01. The van der Waals surface area contributed by atoms with Gasteiger partial charge in [0.05, 0.1) is 6.61 Å². The lowest BCUT2D eigenvalue weighted by Gasteiger charge is -2.07. The fraction of sp³-hybridized carbons (Fsp3) is 0.350. The van der Waals surface area contributed by atoms with Gasteiger partial charge in [-0.15, -0.1) is 12.4 Å². The van der Waals surface area contributed by atoms with Gasteiger partial charge in [0.2, 0.25) is 5.91 Å². The van der Waals surface area contributed by atoms with Gasteiger partial charge >= 0.3 is 0 Å². The molecule has 0 bridgehead atoms. The molecule has 136 valence electrons. The predicted octanol–water partition coefficient (Wildman–Crippen LogP) is 3.39. The quantitative estimate of drug-likeness (QED) is 0.503. The third-order valence-electron chi connectivity index (χ3n) is 3.79. The minimum Gasteiger partial charge on any atom is -0.399 e. The van der Waals surface area contributed by atoms with E-state index in [9.17, 15) is 4.79 Å². The standard InChI is InChI=1S/C20H26N2O2.ClH/c21-19-10-8-18(9-11-19)12-14-22-20(23)7-4-15-24-16-13-17-5-2-1-3-6-17;/h1-3,5-6,8-11H,4,7,12-16,21H2,(H,22,23);1H. The number of amides is 1. The number of nitrogens with one attached hydrogen (secondary N) is 1. The van der Waals surface area contributed by atoms with Crippen LogP contribution in [0, 0.1) is 0 Å². The molecule has 0 spiro atoms. The van der Waals surface area contributed by atoms with Crippen LogP contribution in [0.5, 0.6) is 0 Å². The van der Waals surface area contributed by atoms with Gasteiger partial charge in [-0.05, 0) is 42.5 Å². The molecule has 0 unspecified atom stereocenters. The first-order valence-electron chi connectivity index (χ1n) is 8.47. The van der Waals surface area contributed by atoms with Gasteiger partial charge in [0.15, 0.2) is 0 Å². The van der Waals surface area contributed by atoms with Gasteiger partial charge < -0.3 is 15.8 Å². The SMILES string of the molecule is Cl.Nc1ccc(CCNC(=O)CCCOCCc2ccccc2)cc1. The van der Waals surface area contributed by atoms with Crippen LogP contribution in [0.3, 0.4) is 0 Å². The smallest absolute Gasteiger partial charge is 0.220 e. The van der Waals surface area contributed by atoms with Crippen LogP contribution in [0.1, 0.15) is 24.0 Å². The van der Waals surface area contributed by atoms with Crippen LogP contribution in [0.2, 0.25) is 0 Å². The maximum Gasteiger partial charge on any atom is 0.220 e. The first kappa shape index (κ1) is 21.0. The number of benzene rings is 2. The summed E-state index contributed by atoms with van der Waals surface area (Å²) in [5, 5.41) is 2.94. The van der Waals surface area contributed by atoms with E-state index in [1.54, 1.807) is 0 Å². The molecule has 0 saturated heterocycles. The fourth-order valence-corrected chi connectivity index (χ4v) is 2.39. The molecular weight excluding hydrogens is 336 g/mol. The Bertz CT molecular complexity index is 603. The Balaban J connectivity index is 0.00000312. The van der Waals surface area contributed by atoms with E-state index in [0.717, 1.165) is 24.9 Å². The molecule has 4 nitrogen and oxygen atoms in total. The van der Waals surface area contributed by atoms with Gasteiger partial charge in [-0.1, -0.05) is 42.5 Å². The Kier molecular flexibility index (Phi) is 10.4. The average molecular weight is 363 g/mol. The van der Waals surface area contributed by atoms with Crippen LogP contribution in [0.25, 0.3) is 0 Å². The molecule has 0 heterocycles. The maximum atomic E-state index is 11.8. The molecule has 0 saturated carbocycles. The summed E-state index contributed by atoms with van der Waals surface area (Å²) in [5.74, 6) is 0.0807. The minimum atomic E-state index is 0. The van der Waals surface area contributed by atoms with Crippen molar-refractivity contribution in [2.75, 3.05) is 25.5 Å². The van der Waals surface area contributed by atoms with Gasteiger partial charge in [0.1, 0.15) is 0 Å². The van der Waals surface area contributed by atoms with E-state index in [-0.39, 0.29) is 18.3 Å². The van der Waals surface area contributed by atoms with Crippen LogP contribution < -0.4 is 11.1 Å². The lowest BCUT2D eigenvalue weighted by atomic mass is 10.1. The van der Waals surface area contributed by atoms with Gasteiger partial charge in [-0.25, -0.2) is 0 Å². The summed E-state index contributed by atoms with van der Waals surface area (Å²) < 4.78 is 5.58. The summed E-state index contributed by atoms with van der Waals surface area (Å²) >= 11 is 0. The van der Waals surface area contributed by atoms with Crippen molar-refractivity contribution in [2.45, 2.75) is 25.7 Å². The molecule has 0 atom stereocenters. The van der Waals surface area contributed by atoms with Crippen LogP contribution >= 0.6 is 12.4 Å². The lowest BCUT2D eigenvalue weighted by molar-refractivity contribution is -0.121. The van der Waals surface area contributed by atoms with Crippen molar-refractivity contribution < 1.29 is 9.53 Å². The van der Waals surface area contributed by atoms with E-state index in [2.05, 4.69) is 17.4 Å². The number of ether oxygens (including phenoxy) is 1.